The summed E-state index contributed by atoms with van der Waals surface area (Å²) in [7, 11) is 1.28. The van der Waals surface area contributed by atoms with Crippen molar-refractivity contribution in [1.82, 2.24) is 15.0 Å². The number of hydrogen-bond donors (Lipinski definition) is 0. The predicted molar refractivity (Wildman–Crippen MR) is 54.5 cm³/mol. The fourth-order valence-electron chi connectivity index (χ4n) is 1.47. The van der Waals surface area contributed by atoms with Crippen LogP contribution in [0.25, 0.3) is 5.70 Å². The molecule has 1 aromatic rings. The van der Waals surface area contributed by atoms with Gasteiger partial charge in [0.15, 0.2) is 5.15 Å². The molecule has 0 aliphatic heterocycles. The van der Waals surface area contributed by atoms with Crippen molar-refractivity contribution in [2.24, 2.45) is 0 Å². The number of hydrogen-bond acceptors (Lipinski definition) is 4. The number of nitrogens with zero attached hydrogens (tertiary/aromatic N) is 3. The van der Waals surface area contributed by atoms with Gasteiger partial charge in [-0.15, -0.1) is 10.2 Å². The second kappa shape index (κ2) is 4.02. The minimum absolute atomic E-state index is 0.0620. The highest BCUT2D eigenvalue weighted by atomic mass is 35.5. The zero-order valence-electron chi connectivity index (χ0n) is 8.23. The van der Waals surface area contributed by atoms with Gasteiger partial charge in [-0.1, -0.05) is 17.7 Å². The number of allylic oxidation sites excluding steroid dienone is 2. The maximum atomic E-state index is 11.2. The molecule has 15 heavy (non-hydrogen) atoms. The molecule has 2 rings (SSSR count). The molecule has 1 aromatic heterocycles. The first-order valence-electron chi connectivity index (χ1n) is 4.63. The van der Waals surface area contributed by atoms with E-state index in [-0.39, 0.29) is 10.8 Å². The van der Waals surface area contributed by atoms with Crippen LogP contribution in [-0.4, -0.2) is 28.1 Å². The van der Waals surface area contributed by atoms with Gasteiger partial charge < -0.3 is 4.74 Å². The van der Waals surface area contributed by atoms with Gasteiger partial charge >= 0.3 is 5.97 Å². The smallest absolute Gasteiger partial charge is 0.361 e. The van der Waals surface area contributed by atoms with Crippen LogP contribution in [0.4, 0.5) is 0 Å². The summed E-state index contributed by atoms with van der Waals surface area (Å²) >= 11 is 5.77. The number of esters is 1. The number of carbonyl (C=O) groups excluding carboxylic acids is 1. The van der Waals surface area contributed by atoms with Crippen LogP contribution in [0, 0.1) is 0 Å². The van der Waals surface area contributed by atoms with Crippen LogP contribution in [0.2, 0.25) is 5.15 Å². The van der Waals surface area contributed by atoms with E-state index in [1.165, 1.54) is 11.9 Å². The SMILES string of the molecule is COC(=O)c1nn(C2=CCCC2)nc1Cl. The molecule has 0 amide bonds. The average Bonchev–Trinajstić information content (AvgIpc) is 2.84. The molecular weight excluding hydrogens is 218 g/mol. The number of methoxy groups -OCH3 is 1. The van der Waals surface area contributed by atoms with Crippen LogP contribution in [-0.2, 0) is 4.74 Å². The van der Waals surface area contributed by atoms with Crippen molar-refractivity contribution < 1.29 is 9.53 Å². The van der Waals surface area contributed by atoms with E-state index in [4.69, 9.17) is 11.6 Å². The van der Waals surface area contributed by atoms with Gasteiger partial charge in [0, 0.05) is 0 Å². The maximum absolute atomic E-state index is 11.2. The normalized spacial score (nSPS) is 15.2. The van der Waals surface area contributed by atoms with E-state index in [0.717, 1.165) is 25.0 Å². The molecule has 1 aliphatic carbocycles. The molecule has 0 fully saturated rings. The van der Waals surface area contributed by atoms with Crippen molar-refractivity contribution in [3.05, 3.63) is 16.9 Å². The minimum atomic E-state index is -0.565. The molecule has 0 spiro atoms. The number of aromatic nitrogens is 3. The summed E-state index contributed by atoms with van der Waals surface area (Å²) in [4.78, 5) is 12.6. The van der Waals surface area contributed by atoms with E-state index in [9.17, 15) is 4.79 Å². The number of rotatable bonds is 2. The monoisotopic (exact) mass is 227 g/mol. The Balaban J connectivity index is 2.32. The van der Waals surface area contributed by atoms with Gasteiger partial charge in [0.1, 0.15) is 0 Å². The molecule has 0 radical (unpaired) electrons. The summed E-state index contributed by atoms with van der Waals surface area (Å²) in [5.41, 5.74) is 1.04. The Kier molecular flexibility index (Phi) is 2.73. The summed E-state index contributed by atoms with van der Waals surface area (Å²) in [6.07, 6.45) is 5.05. The quantitative estimate of drug-likeness (QED) is 0.723. The minimum Gasteiger partial charge on any atom is -0.464 e. The Morgan fingerprint density at radius 2 is 2.40 bits per heavy atom. The largest absolute Gasteiger partial charge is 0.464 e. The molecule has 80 valence electrons. The fraction of sp³-hybridized carbons (Fsp3) is 0.444. The molecule has 0 saturated carbocycles. The van der Waals surface area contributed by atoms with Crippen molar-refractivity contribution in [3.63, 3.8) is 0 Å². The van der Waals surface area contributed by atoms with E-state index in [1.54, 1.807) is 0 Å². The Labute approximate surface area is 91.7 Å². The van der Waals surface area contributed by atoms with Crippen LogP contribution in [0.5, 0.6) is 0 Å². The molecule has 0 atom stereocenters. The Bertz CT molecular complexity index is 425. The van der Waals surface area contributed by atoms with Crippen LogP contribution in [0.1, 0.15) is 29.8 Å². The van der Waals surface area contributed by atoms with Gasteiger partial charge in [0.2, 0.25) is 5.69 Å². The van der Waals surface area contributed by atoms with Gasteiger partial charge in [-0.2, -0.15) is 4.80 Å². The van der Waals surface area contributed by atoms with E-state index in [2.05, 4.69) is 14.9 Å². The second-order valence-corrected chi connectivity index (χ2v) is 3.57. The Morgan fingerprint density at radius 1 is 1.60 bits per heavy atom. The van der Waals surface area contributed by atoms with Crippen molar-refractivity contribution in [1.29, 1.82) is 0 Å². The lowest BCUT2D eigenvalue weighted by atomic mass is 10.3. The molecule has 1 aliphatic rings. The third kappa shape index (κ3) is 1.87. The van der Waals surface area contributed by atoms with Crippen molar-refractivity contribution in [2.75, 3.05) is 7.11 Å². The van der Waals surface area contributed by atoms with Gasteiger partial charge in [-0.05, 0) is 19.3 Å². The van der Waals surface area contributed by atoms with Gasteiger partial charge in [-0.3, -0.25) is 0 Å². The maximum Gasteiger partial charge on any atom is 0.361 e. The third-order valence-corrected chi connectivity index (χ3v) is 2.48. The first-order chi connectivity index (χ1) is 7.22. The molecule has 0 aromatic carbocycles. The highest BCUT2D eigenvalue weighted by molar-refractivity contribution is 6.32. The second-order valence-electron chi connectivity index (χ2n) is 3.21. The lowest BCUT2D eigenvalue weighted by Crippen LogP contribution is -2.05. The van der Waals surface area contributed by atoms with Crippen LogP contribution >= 0.6 is 11.6 Å². The van der Waals surface area contributed by atoms with Crippen LogP contribution in [0.15, 0.2) is 6.08 Å². The molecule has 0 unspecified atom stereocenters. The topological polar surface area (TPSA) is 57.0 Å². The standard InChI is InChI=1S/C9H10ClN3O2/c1-15-9(14)7-8(10)12-13(11-7)6-4-2-3-5-6/h4H,2-3,5H2,1H3. The third-order valence-electron chi connectivity index (χ3n) is 2.23. The summed E-state index contributed by atoms with van der Waals surface area (Å²) in [6, 6.07) is 0. The molecule has 1 heterocycles. The molecule has 0 saturated heterocycles. The predicted octanol–water partition coefficient (Wildman–Crippen LogP) is 1.74. The Morgan fingerprint density at radius 3 is 3.00 bits per heavy atom. The van der Waals surface area contributed by atoms with E-state index < -0.39 is 5.97 Å². The molecule has 0 bridgehead atoms. The van der Waals surface area contributed by atoms with Gasteiger partial charge in [0.25, 0.3) is 0 Å². The number of halogens is 1. The van der Waals surface area contributed by atoms with Gasteiger partial charge in [-0.25, -0.2) is 4.79 Å². The fourth-order valence-corrected chi connectivity index (χ4v) is 1.66. The number of ether oxygens (including phenoxy) is 1. The van der Waals surface area contributed by atoms with Crippen molar-refractivity contribution >= 4 is 23.3 Å². The summed E-state index contributed by atoms with van der Waals surface area (Å²) in [5, 5.41) is 8.04. The molecular formula is C9H10ClN3O2. The van der Waals surface area contributed by atoms with Gasteiger partial charge in [0.05, 0.1) is 12.8 Å². The lowest BCUT2D eigenvalue weighted by Gasteiger charge is -1.97. The number of carbonyl (C=O) groups is 1. The zero-order valence-corrected chi connectivity index (χ0v) is 8.99. The Hall–Kier alpha value is -1.36. The van der Waals surface area contributed by atoms with E-state index in [1.807, 2.05) is 6.08 Å². The summed E-state index contributed by atoms with van der Waals surface area (Å²) in [5.74, 6) is -0.565. The molecule has 0 N–H and O–H groups in total. The highest BCUT2D eigenvalue weighted by Gasteiger charge is 2.19. The average molecular weight is 228 g/mol. The molecule has 6 heteroatoms. The zero-order chi connectivity index (χ0) is 10.8. The van der Waals surface area contributed by atoms with Crippen molar-refractivity contribution in [3.8, 4) is 0 Å². The summed E-state index contributed by atoms with van der Waals surface area (Å²) < 4.78 is 4.53. The lowest BCUT2D eigenvalue weighted by molar-refractivity contribution is 0.0593. The first-order valence-corrected chi connectivity index (χ1v) is 5.00. The van der Waals surface area contributed by atoms with E-state index >= 15 is 0 Å². The van der Waals surface area contributed by atoms with E-state index in [0.29, 0.717) is 0 Å². The first kappa shape index (κ1) is 10.2. The van der Waals surface area contributed by atoms with Crippen molar-refractivity contribution in [2.45, 2.75) is 19.3 Å². The summed E-state index contributed by atoms with van der Waals surface area (Å²) in [6.45, 7) is 0. The highest BCUT2D eigenvalue weighted by Crippen LogP contribution is 2.22. The molecule has 5 nitrogen and oxygen atoms in total. The van der Waals surface area contributed by atoms with Crippen LogP contribution in [0.3, 0.4) is 0 Å². The van der Waals surface area contributed by atoms with Crippen LogP contribution < -0.4 is 0 Å².